The van der Waals surface area contributed by atoms with Gasteiger partial charge in [-0.1, -0.05) is 23.2 Å². The van der Waals surface area contributed by atoms with E-state index in [0.717, 1.165) is 9.37 Å². The smallest absolute Gasteiger partial charge is 0.0563 e. The van der Waals surface area contributed by atoms with Gasteiger partial charge in [0.15, 0.2) is 0 Å². The number of thiol groups is 1. The molecule has 0 saturated carbocycles. The van der Waals surface area contributed by atoms with Crippen molar-refractivity contribution in [2.75, 3.05) is 0 Å². The highest BCUT2D eigenvalue weighted by molar-refractivity contribution is 9.10. The first-order valence-corrected chi connectivity index (χ1v) is 4.44. The van der Waals surface area contributed by atoms with Gasteiger partial charge in [-0.3, -0.25) is 0 Å². The first kappa shape index (κ1) is 8.72. The Morgan fingerprint density at radius 3 is 2.30 bits per heavy atom. The molecule has 0 aromatic heterocycles. The van der Waals surface area contributed by atoms with E-state index in [4.69, 9.17) is 23.2 Å². The molecule has 1 aromatic carbocycles. The van der Waals surface area contributed by atoms with Crippen molar-refractivity contribution in [3.05, 3.63) is 26.7 Å². The van der Waals surface area contributed by atoms with Crippen LogP contribution < -0.4 is 0 Å². The molecule has 0 amide bonds. The second kappa shape index (κ2) is 3.35. The Bertz CT molecular complexity index is 212. The molecule has 0 nitrogen and oxygen atoms in total. The van der Waals surface area contributed by atoms with Crippen molar-refractivity contribution in [1.29, 1.82) is 0 Å². The summed E-state index contributed by atoms with van der Waals surface area (Å²) in [5.41, 5.74) is 0. The van der Waals surface area contributed by atoms with E-state index in [9.17, 15) is 0 Å². The number of rotatable bonds is 0. The van der Waals surface area contributed by atoms with Gasteiger partial charge in [-0.25, -0.2) is 0 Å². The Kier molecular flexibility index (Phi) is 2.92. The molecule has 0 heterocycles. The zero-order valence-corrected chi connectivity index (χ0v) is 8.73. The Balaban J connectivity index is 3.28. The standard InChI is InChI=1S/C6H3BrCl2S/c7-3-1-6(10)5(9)2-4(3)8/h1-2,10H. The quantitative estimate of drug-likeness (QED) is 0.526. The first-order chi connectivity index (χ1) is 4.61. The predicted octanol–water partition coefficient (Wildman–Crippen LogP) is 4.04. The highest BCUT2D eigenvalue weighted by atomic mass is 79.9. The molecule has 0 atom stereocenters. The SMILES string of the molecule is Sc1cc(Br)c(Cl)cc1Cl. The Labute approximate surface area is 83.1 Å². The lowest BCUT2D eigenvalue weighted by atomic mass is 10.4. The maximum Gasteiger partial charge on any atom is 0.0563 e. The lowest BCUT2D eigenvalue weighted by Gasteiger charge is -1.98. The summed E-state index contributed by atoms with van der Waals surface area (Å²) >= 11 is 18.8. The largest absolute Gasteiger partial charge is 0.142 e. The van der Waals surface area contributed by atoms with Gasteiger partial charge in [-0.15, -0.1) is 12.6 Å². The van der Waals surface area contributed by atoms with Gasteiger partial charge < -0.3 is 0 Å². The fraction of sp³-hybridized carbons (Fsp3) is 0. The van der Waals surface area contributed by atoms with Crippen molar-refractivity contribution in [1.82, 2.24) is 0 Å². The van der Waals surface area contributed by atoms with Crippen molar-refractivity contribution < 1.29 is 0 Å². The monoisotopic (exact) mass is 256 g/mol. The van der Waals surface area contributed by atoms with Crippen LogP contribution in [0.2, 0.25) is 10.0 Å². The molecule has 1 rings (SSSR count). The molecule has 0 aliphatic rings. The summed E-state index contributed by atoms with van der Waals surface area (Å²) in [7, 11) is 0. The first-order valence-electron chi connectivity index (χ1n) is 2.45. The van der Waals surface area contributed by atoms with Gasteiger partial charge in [-0.2, -0.15) is 0 Å². The van der Waals surface area contributed by atoms with Crippen molar-refractivity contribution in [3.8, 4) is 0 Å². The van der Waals surface area contributed by atoms with E-state index < -0.39 is 0 Å². The van der Waals surface area contributed by atoms with E-state index in [1.807, 2.05) is 0 Å². The summed E-state index contributed by atoms with van der Waals surface area (Å²) < 4.78 is 0.809. The zero-order chi connectivity index (χ0) is 7.72. The second-order valence-electron chi connectivity index (χ2n) is 1.72. The van der Waals surface area contributed by atoms with Crippen LogP contribution >= 0.6 is 51.8 Å². The summed E-state index contributed by atoms with van der Waals surface area (Å²) in [6, 6.07) is 3.41. The van der Waals surface area contributed by atoms with Gasteiger partial charge in [0.2, 0.25) is 0 Å². The number of hydrogen-bond acceptors (Lipinski definition) is 1. The summed E-state index contributed by atoms with van der Waals surface area (Å²) in [5, 5.41) is 1.17. The average Bonchev–Trinajstić information content (AvgIpc) is 1.84. The lowest BCUT2D eigenvalue weighted by molar-refractivity contribution is 1.45. The topological polar surface area (TPSA) is 0 Å². The molecule has 1 aromatic rings. The molecule has 0 aliphatic heterocycles. The van der Waals surface area contributed by atoms with Crippen molar-refractivity contribution >= 4 is 51.8 Å². The number of hydrogen-bond donors (Lipinski definition) is 1. The molecule has 0 bridgehead atoms. The van der Waals surface area contributed by atoms with Gasteiger partial charge in [0.05, 0.1) is 10.0 Å². The normalized spacial score (nSPS) is 10.0. The van der Waals surface area contributed by atoms with Crippen LogP contribution in [-0.4, -0.2) is 0 Å². The molecule has 0 N–H and O–H groups in total. The van der Waals surface area contributed by atoms with Crippen molar-refractivity contribution in [2.24, 2.45) is 0 Å². The van der Waals surface area contributed by atoms with E-state index in [1.54, 1.807) is 12.1 Å². The lowest BCUT2D eigenvalue weighted by Crippen LogP contribution is -1.72. The van der Waals surface area contributed by atoms with Gasteiger partial charge in [0.1, 0.15) is 0 Å². The Morgan fingerprint density at radius 1 is 1.20 bits per heavy atom. The molecule has 54 valence electrons. The van der Waals surface area contributed by atoms with Gasteiger partial charge in [0, 0.05) is 9.37 Å². The molecule has 0 fully saturated rings. The average molecular weight is 258 g/mol. The minimum absolute atomic E-state index is 0.566. The molecule has 0 aliphatic carbocycles. The fourth-order valence-electron chi connectivity index (χ4n) is 0.512. The van der Waals surface area contributed by atoms with Crippen LogP contribution in [0.1, 0.15) is 0 Å². The minimum atomic E-state index is 0.566. The van der Waals surface area contributed by atoms with Crippen LogP contribution in [0, 0.1) is 0 Å². The van der Waals surface area contributed by atoms with E-state index in [2.05, 4.69) is 28.6 Å². The molecule has 0 saturated heterocycles. The highest BCUT2D eigenvalue weighted by Gasteiger charge is 2.00. The fourth-order valence-corrected chi connectivity index (χ4v) is 1.61. The molecular weight excluding hydrogens is 255 g/mol. The predicted molar refractivity (Wildman–Crippen MR) is 51.4 cm³/mol. The summed E-state index contributed by atoms with van der Waals surface area (Å²) in [6.07, 6.45) is 0. The van der Waals surface area contributed by atoms with Gasteiger partial charge >= 0.3 is 0 Å². The molecule has 0 radical (unpaired) electrons. The van der Waals surface area contributed by atoms with Crippen molar-refractivity contribution in [2.45, 2.75) is 4.90 Å². The van der Waals surface area contributed by atoms with Gasteiger partial charge in [-0.05, 0) is 28.1 Å². The van der Waals surface area contributed by atoms with Crippen molar-refractivity contribution in [3.63, 3.8) is 0 Å². The second-order valence-corrected chi connectivity index (χ2v) is 3.87. The summed E-state index contributed by atoms with van der Waals surface area (Å²) in [5.74, 6) is 0. The molecule has 4 heteroatoms. The highest BCUT2D eigenvalue weighted by Crippen LogP contribution is 2.30. The number of benzene rings is 1. The minimum Gasteiger partial charge on any atom is -0.142 e. The van der Waals surface area contributed by atoms with Crippen LogP contribution in [0.25, 0.3) is 0 Å². The maximum atomic E-state index is 5.72. The molecular formula is C6H3BrCl2S. The molecule has 0 unspecified atom stereocenters. The van der Waals surface area contributed by atoms with Crippen LogP contribution in [-0.2, 0) is 0 Å². The van der Waals surface area contributed by atoms with E-state index in [1.165, 1.54) is 0 Å². The third kappa shape index (κ3) is 1.82. The van der Waals surface area contributed by atoms with Crippen LogP contribution in [0.3, 0.4) is 0 Å². The zero-order valence-electron chi connectivity index (χ0n) is 4.74. The third-order valence-corrected chi connectivity index (χ3v) is 3.00. The third-order valence-electron chi connectivity index (χ3n) is 0.990. The maximum absolute atomic E-state index is 5.72. The Hall–Kier alpha value is 0.630. The van der Waals surface area contributed by atoms with Crippen LogP contribution in [0.15, 0.2) is 21.5 Å². The van der Waals surface area contributed by atoms with Crippen LogP contribution in [0.4, 0.5) is 0 Å². The molecule has 10 heavy (non-hydrogen) atoms. The van der Waals surface area contributed by atoms with E-state index in [0.29, 0.717) is 10.0 Å². The molecule has 0 spiro atoms. The van der Waals surface area contributed by atoms with Gasteiger partial charge in [0.25, 0.3) is 0 Å². The number of halogens is 3. The summed E-state index contributed by atoms with van der Waals surface area (Å²) in [6.45, 7) is 0. The Morgan fingerprint density at radius 2 is 1.80 bits per heavy atom. The van der Waals surface area contributed by atoms with E-state index >= 15 is 0 Å². The summed E-state index contributed by atoms with van der Waals surface area (Å²) in [4.78, 5) is 0.720. The van der Waals surface area contributed by atoms with E-state index in [-0.39, 0.29) is 0 Å². The van der Waals surface area contributed by atoms with Crippen LogP contribution in [0.5, 0.6) is 0 Å².